The summed E-state index contributed by atoms with van der Waals surface area (Å²) < 4.78 is 5.43. The molecule has 1 amide bonds. The number of hydrogen-bond acceptors (Lipinski definition) is 8. The maximum absolute atomic E-state index is 12.4. The Bertz CT molecular complexity index is 847. The first-order valence-electron chi connectivity index (χ1n) is 7.15. The van der Waals surface area contributed by atoms with Crippen molar-refractivity contribution >= 4 is 28.1 Å². The van der Waals surface area contributed by atoms with Crippen molar-refractivity contribution in [3.63, 3.8) is 0 Å². The molecule has 0 bridgehead atoms. The number of carbonyl (C=O) groups is 1. The molecule has 0 aliphatic carbocycles. The number of ether oxygens (including phenoxy) is 1. The fourth-order valence-corrected chi connectivity index (χ4v) is 2.45. The number of aromatic nitrogens is 1. The first kappa shape index (κ1) is 17.9. The molecular formula is C16H13N5O3S. The summed E-state index contributed by atoms with van der Waals surface area (Å²) in [6, 6.07) is 10.1. The highest BCUT2D eigenvalue weighted by molar-refractivity contribution is 7.13. The van der Waals surface area contributed by atoms with Gasteiger partial charge in [0.1, 0.15) is 17.9 Å². The van der Waals surface area contributed by atoms with Gasteiger partial charge in [0, 0.05) is 5.38 Å². The molecule has 1 heterocycles. The van der Waals surface area contributed by atoms with Crippen molar-refractivity contribution in [3.05, 3.63) is 40.9 Å². The summed E-state index contributed by atoms with van der Waals surface area (Å²) in [5.41, 5.74) is 0.545. The van der Waals surface area contributed by atoms with E-state index in [0.717, 1.165) is 0 Å². The number of nitrogens with zero attached hydrogens (tertiary/aromatic N) is 4. The largest absolute Gasteiger partial charge is 0.493 e. The summed E-state index contributed by atoms with van der Waals surface area (Å²) >= 11 is 1.22. The van der Waals surface area contributed by atoms with Crippen molar-refractivity contribution < 1.29 is 14.4 Å². The van der Waals surface area contributed by atoms with E-state index in [1.54, 1.807) is 41.8 Å². The highest BCUT2D eigenvalue weighted by Gasteiger charge is 2.14. The predicted octanol–water partition coefficient (Wildman–Crippen LogP) is 2.71. The summed E-state index contributed by atoms with van der Waals surface area (Å²) in [5.74, 6) is 0.164. The molecule has 126 valence electrons. The molecule has 0 unspecified atom stereocenters. The van der Waals surface area contributed by atoms with Crippen LogP contribution < -0.4 is 10.1 Å². The van der Waals surface area contributed by atoms with Crippen LogP contribution in [0, 0.1) is 22.7 Å². The van der Waals surface area contributed by atoms with E-state index in [-0.39, 0.29) is 18.2 Å². The van der Waals surface area contributed by atoms with Crippen molar-refractivity contribution in [3.8, 4) is 17.9 Å². The van der Waals surface area contributed by atoms with Crippen LogP contribution in [0.3, 0.4) is 0 Å². The van der Waals surface area contributed by atoms with E-state index in [0.29, 0.717) is 28.7 Å². The van der Waals surface area contributed by atoms with E-state index >= 15 is 0 Å². The van der Waals surface area contributed by atoms with Crippen LogP contribution in [-0.4, -0.2) is 23.2 Å². The maximum Gasteiger partial charge on any atom is 0.261 e. The molecule has 0 aliphatic rings. The van der Waals surface area contributed by atoms with Gasteiger partial charge in [0.05, 0.1) is 17.9 Å². The van der Waals surface area contributed by atoms with Crippen LogP contribution >= 0.6 is 11.3 Å². The minimum atomic E-state index is -0.378. The lowest BCUT2D eigenvalue weighted by Gasteiger charge is -2.08. The third-order valence-corrected chi connectivity index (χ3v) is 3.59. The number of thiazole rings is 1. The van der Waals surface area contributed by atoms with E-state index < -0.39 is 0 Å². The van der Waals surface area contributed by atoms with E-state index in [9.17, 15) is 4.79 Å². The van der Waals surface area contributed by atoms with Crippen LogP contribution in [0.5, 0.6) is 5.75 Å². The zero-order chi connectivity index (χ0) is 18.1. The zero-order valence-electron chi connectivity index (χ0n) is 13.2. The highest BCUT2D eigenvalue weighted by atomic mass is 32.1. The number of amides is 1. The number of anilines is 1. The molecule has 2 aromatic rings. The lowest BCUT2D eigenvalue weighted by molar-refractivity contribution is 0.102. The number of benzene rings is 1. The van der Waals surface area contributed by atoms with Gasteiger partial charge in [0.2, 0.25) is 0 Å². The van der Waals surface area contributed by atoms with Crippen molar-refractivity contribution in [1.29, 1.82) is 10.5 Å². The standard InChI is InChI=1S/C16H13N5O3S/c1-2-23-14-6-4-3-5-13(14)15(22)20-16-19-12(10-25-16)9-24-21-11(7-17)8-18/h3-6,10H,2,9H2,1H3,(H,19,20,22). The number of oxime groups is 1. The Morgan fingerprint density at radius 3 is 2.84 bits per heavy atom. The van der Waals surface area contributed by atoms with Gasteiger partial charge in [-0.15, -0.1) is 11.3 Å². The van der Waals surface area contributed by atoms with Crippen LogP contribution in [0.15, 0.2) is 34.8 Å². The van der Waals surface area contributed by atoms with Crippen LogP contribution in [0.25, 0.3) is 0 Å². The van der Waals surface area contributed by atoms with Crippen LogP contribution in [0.4, 0.5) is 5.13 Å². The van der Waals surface area contributed by atoms with Gasteiger partial charge in [0.15, 0.2) is 11.7 Å². The quantitative estimate of drug-likeness (QED) is 0.602. The van der Waals surface area contributed by atoms with Crippen LogP contribution in [0.2, 0.25) is 0 Å². The van der Waals surface area contributed by atoms with E-state index in [1.165, 1.54) is 11.3 Å². The number of nitrogens with one attached hydrogen (secondary N) is 1. The van der Waals surface area contributed by atoms with Gasteiger partial charge in [-0.2, -0.15) is 10.5 Å². The molecule has 25 heavy (non-hydrogen) atoms. The fourth-order valence-electron chi connectivity index (χ4n) is 1.76. The molecule has 1 N–H and O–H groups in total. The van der Waals surface area contributed by atoms with Gasteiger partial charge in [-0.25, -0.2) is 4.98 Å². The Kier molecular flexibility index (Phi) is 6.46. The Labute approximate surface area is 147 Å². The number of hydrogen-bond donors (Lipinski definition) is 1. The SMILES string of the molecule is CCOc1ccccc1C(=O)Nc1nc(CON=C(C#N)C#N)cs1. The Morgan fingerprint density at radius 2 is 2.12 bits per heavy atom. The molecule has 0 aliphatic heterocycles. The minimum Gasteiger partial charge on any atom is -0.493 e. The molecule has 1 aromatic carbocycles. The van der Waals surface area contributed by atoms with Crippen LogP contribution in [0.1, 0.15) is 23.0 Å². The average Bonchev–Trinajstić information content (AvgIpc) is 3.06. The molecule has 0 atom stereocenters. The Balaban J connectivity index is 2.00. The molecule has 0 radical (unpaired) electrons. The molecule has 2 rings (SSSR count). The first-order chi connectivity index (χ1) is 12.2. The topological polar surface area (TPSA) is 120 Å². The number of nitriles is 2. The first-order valence-corrected chi connectivity index (χ1v) is 8.03. The van der Waals surface area contributed by atoms with Gasteiger partial charge >= 0.3 is 0 Å². The molecule has 0 saturated carbocycles. The summed E-state index contributed by atoms with van der Waals surface area (Å²) in [6.45, 7) is 2.28. The molecule has 0 spiro atoms. The van der Waals surface area contributed by atoms with Crippen molar-refractivity contribution in [1.82, 2.24) is 4.98 Å². The Morgan fingerprint density at radius 1 is 1.36 bits per heavy atom. The summed E-state index contributed by atoms with van der Waals surface area (Å²) in [7, 11) is 0. The number of rotatable bonds is 7. The smallest absolute Gasteiger partial charge is 0.261 e. The van der Waals surface area contributed by atoms with Gasteiger partial charge in [-0.1, -0.05) is 17.3 Å². The molecule has 0 saturated heterocycles. The second-order valence-corrected chi connectivity index (χ2v) is 5.32. The summed E-state index contributed by atoms with van der Waals surface area (Å²) in [6.07, 6.45) is 0. The monoisotopic (exact) mass is 355 g/mol. The lowest BCUT2D eigenvalue weighted by Crippen LogP contribution is -2.13. The van der Waals surface area contributed by atoms with Crippen molar-refractivity contribution in [2.75, 3.05) is 11.9 Å². The third kappa shape index (κ3) is 5.03. The minimum absolute atomic E-state index is 0.0191. The van der Waals surface area contributed by atoms with Gasteiger partial charge in [0.25, 0.3) is 11.6 Å². The summed E-state index contributed by atoms with van der Waals surface area (Å²) in [4.78, 5) is 21.4. The molecule has 9 heteroatoms. The van der Waals surface area contributed by atoms with E-state index in [2.05, 4.69) is 15.5 Å². The number of para-hydroxylation sites is 1. The zero-order valence-corrected chi connectivity index (χ0v) is 14.0. The van der Waals surface area contributed by atoms with Crippen molar-refractivity contribution in [2.24, 2.45) is 5.16 Å². The Hall–Kier alpha value is -3.43. The second-order valence-electron chi connectivity index (χ2n) is 4.46. The van der Waals surface area contributed by atoms with Gasteiger partial charge in [-0.3, -0.25) is 10.1 Å². The van der Waals surface area contributed by atoms with E-state index in [1.807, 2.05) is 6.92 Å². The van der Waals surface area contributed by atoms with E-state index in [4.69, 9.17) is 20.1 Å². The normalized spacial score (nSPS) is 9.40. The molecule has 0 fully saturated rings. The van der Waals surface area contributed by atoms with Crippen LogP contribution in [-0.2, 0) is 11.4 Å². The fraction of sp³-hybridized carbons (Fsp3) is 0.188. The second kappa shape index (κ2) is 9.01. The maximum atomic E-state index is 12.4. The lowest BCUT2D eigenvalue weighted by atomic mass is 10.2. The third-order valence-electron chi connectivity index (χ3n) is 2.78. The predicted molar refractivity (Wildman–Crippen MR) is 91.1 cm³/mol. The highest BCUT2D eigenvalue weighted by Crippen LogP contribution is 2.21. The van der Waals surface area contributed by atoms with Crippen molar-refractivity contribution in [2.45, 2.75) is 13.5 Å². The molecular weight excluding hydrogens is 342 g/mol. The summed E-state index contributed by atoms with van der Waals surface area (Å²) in [5, 5.41) is 25.2. The van der Waals surface area contributed by atoms with Gasteiger partial charge < -0.3 is 9.57 Å². The molecule has 8 nitrogen and oxygen atoms in total. The average molecular weight is 355 g/mol. The number of carbonyl (C=O) groups excluding carboxylic acids is 1. The van der Waals surface area contributed by atoms with Gasteiger partial charge in [-0.05, 0) is 19.1 Å². The molecule has 1 aromatic heterocycles.